The van der Waals surface area contributed by atoms with Crippen LogP contribution in [0.2, 0.25) is 0 Å². The molecule has 2 unspecified atom stereocenters. The van der Waals surface area contributed by atoms with Crippen molar-refractivity contribution in [1.82, 2.24) is 20.4 Å². The summed E-state index contributed by atoms with van der Waals surface area (Å²) in [6.07, 6.45) is 1.64. The third-order valence-electron chi connectivity index (χ3n) is 3.60. The number of rotatable bonds is 4. The number of carbonyl (C=O) groups is 2. The van der Waals surface area contributed by atoms with Gasteiger partial charge in [-0.3, -0.25) is 9.48 Å². The molecule has 0 aromatic carbocycles. The van der Waals surface area contributed by atoms with Gasteiger partial charge in [-0.15, -0.1) is 0 Å². The summed E-state index contributed by atoms with van der Waals surface area (Å²) in [5.41, 5.74) is -0.243. The van der Waals surface area contributed by atoms with E-state index in [-0.39, 0.29) is 13.2 Å². The zero-order valence-corrected chi connectivity index (χ0v) is 11.4. The highest BCUT2D eigenvalue weighted by atomic mass is 16.5. The Morgan fingerprint density at radius 2 is 2.40 bits per heavy atom. The van der Waals surface area contributed by atoms with Gasteiger partial charge in [-0.2, -0.15) is 5.10 Å². The number of carboxylic acids is 1. The molecule has 2 amide bonds. The van der Waals surface area contributed by atoms with Gasteiger partial charge in [-0.05, 0) is 13.0 Å². The minimum Gasteiger partial charge on any atom is -0.481 e. The second-order valence-electron chi connectivity index (χ2n) is 5.06. The Morgan fingerprint density at radius 3 is 3.00 bits per heavy atom. The fraction of sp³-hybridized carbons (Fsp3) is 0.583. The number of aromatic nitrogens is 2. The Balaban J connectivity index is 1.88. The van der Waals surface area contributed by atoms with Gasteiger partial charge in [-0.1, -0.05) is 0 Å². The van der Waals surface area contributed by atoms with Gasteiger partial charge in [0.25, 0.3) is 0 Å². The zero-order chi connectivity index (χ0) is 14.8. The number of carboxylic acid groups (broad SMARTS) is 1. The fourth-order valence-corrected chi connectivity index (χ4v) is 2.04. The largest absolute Gasteiger partial charge is 0.481 e. The average molecular weight is 282 g/mol. The number of aryl methyl sites for hydroxylation is 1. The highest BCUT2D eigenvalue weighted by Crippen LogP contribution is 2.28. The highest BCUT2D eigenvalue weighted by molar-refractivity contribution is 5.79. The van der Waals surface area contributed by atoms with Gasteiger partial charge in [0.05, 0.1) is 31.5 Å². The molecule has 8 heteroatoms. The minimum absolute atomic E-state index is 0.0923. The lowest BCUT2D eigenvalue weighted by Crippen LogP contribution is -2.52. The van der Waals surface area contributed by atoms with Crippen LogP contribution < -0.4 is 10.6 Å². The first-order valence-corrected chi connectivity index (χ1v) is 6.26. The molecule has 1 aliphatic rings. The lowest BCUT2D eigenvalue weighted by molar-refractivity contribution is -0.148. The molecule has 2 atom stereocenters. The minimum atomic E-state index is -1.09. The number of ether oxygens (including phenoxy) is 1. The molecule has 0 bridgehead atoms. The molecule has 2 heterocycles. The van der Waals surface area contributed by atoms with Gasteiger partial charge >= 0.3 is 12.0 Å². The molecule has 1 aromatic rings. The van der Waals surface area contributed by atoms with Crippen molar-refractivity contribution in [3.63, 3.8) is 0 Å². The van der Waals surface area contributed by atoms with Crippen molar-refractivity contribution in [2.75, 3.05) is 13.2 Å². The summed E-state index contributed by atoms with van der Waals surface area (Å²) in [4.78, 5) is 23.1. The topological polar surface area (TPSA) is 105 Å². The molecule has 0 saturated carbocycles. The maximum absolute atomic E-state index is 11.8. The van der Waals surface area contributed by atoms with E-state index in [9.17, 15) is 14.7 Å². The molecule has 1 aliphatic heterocycles. The predicted molar refractivity (Wildman–Crippen MR) is 68.9 cm³/mol. The standard InChI is InChI=1S/C12H18N4O4/c1-12(10(17)18)7-20-6-9(12)15-11(19)13-5-8-3-4-14-16(8)2/h3-4,9H,5-7H2,1-2H3,(H,17,18)(H2,13,15,19). The molecule has 3 N–H and O–H groups in total. The number of nitrogens with zero attached hydrogens (tertiary/aromatic N) is 2. The van der Waals surface area contributed by atoms with E-state index in [0.717, 1.165) is 5.69 Å². The molecule has 0 radical (unpaired) electrons. The molecular weight excluding hydrogens is 264 g/mol. The van der Waals surface area contributed by atoms with Crippen molar-refractivity contribution in [3.8, 4) is 0 Å². The zero-order valence-electron chi connectivity index (χ0n) is 11.4. The molecule has 1 fully saturated rings. The van der Waals surface area contributed by atoms with Crippen molar-refractivity contribution in [3.05, 3.63) is 18.0 Å². The first kappa shape index (κ1) is 14.3. The number of urea groups is 1. The molecule has 0 spiro atoms. The lowest BCUT2D eigenvalue weighted by Gasteiger charge is -2.25. The summed E-state index contributed by atoms with van der Waals surface area (Å²) < 4.78 is 6.82. The van der Waals surface area contributed by atoms with Crippen LogP contribution >= 0.6 is 0 Å². The Bertz CT molecular complexity index is 515. The van der Waals surface area contributed by atoms with E-state index in [4.69, 9.17) is 4.74 Å². The van der Waals surface area contributed by atoms with Gasteiger partial charge < -0.3 is 20.5 Å². The van der Waals surface area contributed by atoms with Crippen LogP contribution in [-0.2, 0) is 23.1 Å². The number of hydrogen-bond donors (Lipinski definition) is 3. The lowest BCUT2D eigenvalue weighted by atomic mass is 9.85. The van der Waals surface area contributed by atoms with E-state index >= 15 is 0 Å². The van der Waals surface area contributed by atoms with Crippen molar-refractivity contribution in [2.24, 2.45) is 12.5 Å². The molecule has 20 heavy (non-hydrogen) atoms. The number of aliphatic carboxylic acids is 1. The Labute approximate surface area is 116 Å². The molecule has 2 rings (SSSR count). The van der Waals surface area contributed by atoms with E-state index in [2.05, 4.69) is 15.7 Å². The van der Waals surface area contributed by atoms with Gasteiger partial charge in [0.1, 0.15) is 5.41 Å². The summed E-state index contributed by atoms with van der Waals surface area (Å²) in [5.74, 6) is -0.980. The van der Waals surface area contributed by atoms with Gasteiger partial charge in [0, 0.05) is 13.2 Å². The first-order valence-electron chi connectivity index (χ1n) is 6.26. The van der Waals surface area contributed by atoms with Crippen LogP contribution in [0.25, 0.3) is 0 Å². The molecule has 1 saturated heterocycles. The van der Waals surface area contributed by atoms with Crippen LogP contribution in [-0.4, -0.2) is 46.1 Å². The Morgan fingerprint density at radius 1 is 1.65 bits per heavy atom. The van der Waals surface area contributed by atoms with Crippen LogP contribution in [0.1, 0.15) is 12.6 Å². The van der Waals surface area contributed by atoms with Crippen molar-refractivity contribution in [1.29, 1.82) is 0 Å². The van der Waals surface area contributed by atoms with Crippen LogP contribution in [0.15, 0.2) is 12.3 Å². The molecule has 0 aliphatic carbocycles. The second kappa shape index (κ2) is 5.49. The normalized spacial score (nSPS) is 25.4. The Hall–Kier alpha value is -2.09. The summed E-state index contributed by atoms with van der Waals surface area (Å²) >= 11 is 0. The molecule has 1 aromatic heterocycles. The highest BCUT2D eigenvalue weighted by Gasteiger charge is 2.47. The van der Waals surface area contributed by atoms with Gasteiger partial charge in [-0.25, -0.2) is 4.79 Å². The number of nitrogens with one attached hydrogen (secondary N) is 2. The predicted octanol–water partition coefficient (Wildman–Crippen LogP) is -0.291. The quantitative estimate of drug-likeness (QED) is 0.703. The number of amides is 2. The van der Waals surface area contributed by atoms with Crippen molar-refractivity contribution in [2.45, 2.75) is 19.5 Å². The first-order chi connectivity index (χ1) is 9.43. The maximum atomic E-state index is 11.8. The number of carbonyl (C=O) groups excluding carboxylic acids is 1. The van der Waals surface area contributed by atoms with Gasteiger partial charge in [0.15, 0.2) is 0 Å². The van der Waals surface area contributed by atoms with Crippen molar-refractivity contribution >= 4 is 12.0 Å². The summed E-state index contributed by atoms with van der Waals surface area (Å²) in [7, 11) is 1.78. The monoisotopic (exact) mass is 282 g/mol. The molecule has 110 valence electrons. The molecular formula is C12H18N4O4. The van der Waals surface area contributed by atoms with Crippen LogP contribution in [0.4, 0.5) is 4.79 Å². The maximum Gasteiger partial charge on any atom is 0.315 e. The van der Waals surface area contributed by atoms with E-state index < -0.39 is 23.5 Å². The van der Waals surface area contributed by atoms with Gasteiger partial charge in [0.2, 0.25) is 0 Å². The third kappa shape index (κ3) is 2.74. The van der Waals surface area contributed by atoms with E-state index in [0.29, 0.717) is 6.54 Å². The number of hydrogen-bond acceptors (Lipinski definition) is 4. The second-order valence-corrected chi connectivity index (χ2v) is 5.06. The van der Waals surface area contributed by atoms with E-state index in [1.54, 1.807) is 30.9 Å². The Kier molecular flexibility index (Phi) is 3.93. The van der Waals surface area contributed by atoms with Crippen molar-refractivity contribution < 1.29 is 19.4 Å². The van der Waals surface area contributed by atoms with E-state index in [1.165, 1.54) is 0 Å². The van der Waals surface area contributed by atoms with Crippen LogP contribution in [0.5, 0.6) is 0 Å². The summed E-state index contributed by atoms with van der Waals surface area (Å²) in [6, 6.07) is 0.820. The summed E-state index contributed by atoms with van der Waals surface area (Å²) in [5, 5.41) is 18.5. The van der Waals surface area contributed by atoms with E-state index in [1.807, 2.05) is 0 Å². The van der Waals surface area contributed by atoms with Crippen LogP contribution in [0, 0.1) is 5.41 Å². The molecule has 8 nitrogen and oxygen atoms in total. The summed E-state index contributed by atoms with van der Waals surface area (Å²) in [6.45, 7) is 2.17. The third-order valence-corrected chi connectivity index (χ3v) is 3.60. The average Bonchev–Trinajstić information content (AvgIpc) is 2.95. The SMILES string of the molecule is Cn1nccc1CNC(=O)NC1COCC1(C)C(=O)O. The fourth-order valence-electron chi connectivity index (χ4n) is 2.04. The smallest absolute Gasteiger partial charge is 0.315 e. The van der Waals surface area contributed by atoms with Crippen LogP contribution in [0.3, 0.4) is 0 Å².